The van der Waals surface area contributed by atoms with E-state index in [0.29, 0.717) is 27.3 Å². The second-order valence-corrected chi connectivity index (χ2v) is 8.16. The molecule has 1 fully saturated rings. The SMILES string of the molecule is CCOc1cc(/C=C2/SC(=S)N(c3ccccc3)C2=O)cc(I)c1OC. The van der Waals surface area contributed by atoms with Crippen molar-refractivity contribution in [2.45, 2.75) is 6.92 Å². The van der Waals surface area contributed by atoms with Gasteiger partial charge in [-0.05, 0) is 65.4 Å². The van der Waals surface area contributed by atoms with E-state index in [9.17, 15) is 4.79 Å². The zero-order valence-corrected chi connectivity index (χ0v) is 18.0. The number of thiocarbonyl (C=S) groups is 1. The molecule has 0 radical (unpaired) electrons. The fourth-order valence-electron chi connectivity index (χ4n) is 2.55. The number of ether oxygens (including phenoxy) is 2. The van der Waals surface area contributed by atoms with Crippen LogP contribution in [-0.4, -0.2) is 23.9 Å². The summed E-state index contributed by atoms with van der Waals surface area (Å²) in [5.41, 5.74) is 1.64. The van der Waals surface area contributed by atoms with Crippen molar-refractivity contribution in [1.29, 1.82) is 0 Å². The minimum Gasteiger partial charge on any atom is -0.492 e. The zero-order valence-electron chi connectivity index (χ0n) is 14.2. The van der Waals surface area contributed by atoms with Crippen molar-refractivity contribution in [3.05, 3.63) is 56.5 Å². The van der Waals surface area contributed by atoms with E-state index >= 15 is 0 Å². The lowest BCUT2D eigenvalue weighted by Gasteiger charge is -2.14. The van der Waals surface area contributed by atoms with Crippen LogP contribution in [0.25, 0.3) is 6.08 Å². The van der Waals surface area contributed by atoms with Gasteiger partial charge in [0.1, 0.15) is 0 Å². The first kappa shape index (κ1) is 19.2. The van der Waals surface area contributed by atoms with Gasteiger partial charge in [-0.25, -0.2) is 0 Å². The molecule has 2 aromatic carbocycles. The van der Waals surface area contributed by atoms with E-state index in [2.05, 4.69) is 22.6 Å². The maximum absolute atomic E-state index is 12.8. The molecule has 1 amide bonds. The Labute approximate surface area is 175 Å². The Morgan fingerprint density at radius 3 is 2.65 bits per heavy atom. The molecule has 134 valence electrons. The van der Waals surface area contributed by atoms with E-state index < -0.39 is 0 Å². The molecule has 0 saturated carbocycles. The van der Waals surface area contributed by atoms with Crippen LogP contribution >= 0.6 is 46.6 Å². The Balaban J connectivity index is 1.96. The molecule has 0 atom stereocenters. The number of hydrogen-bond acceptors (Lipinski definition) is 5. The third-order valence-electron chi connectivity index (χ3n) is 3.64. The van der Waals surface area contributed by atoms with E-state index in [1.54, 1.807) is 12.0 Å². The second kappa shape index (κ2) is 8.41. The summed E-state index contributed by atoms with van der Waals surface area (Å²) in [4.78, 5) is 15.0. The maximum atomic E-state index is 12.8. The lowest BCUT2D eigenvalue weighted by Crippen LogP contribution is -2.27. The Morgan fingerprint density at radius 2 is 2.00 bits per heavy atom. The molecule has 0 unspecified atom stereocenters. The van der Waals surface area contributed by atoms with Crippen LogP contribution in [0.5, 0.6) is 11.5 Å². The van der Waals surface area contributed by atoms with Crippen molar-refractivity contribution in [2.75, 3.05) is 18.6 Å². The smallest absolute Gasteiger partial charge is 0.270 e. The third-order valence-corrected chi connectivity index (χ3v) is 5.75. The predicted molar refractivity (Wildman–Crippen MR) is 119 cm³/mol. The number of carbonyl (C=O) groups is 1. The van der Waals surface area contributed by atoms with Gasteiger partial charge in [0.05, 0.1) is 27.9 Å². The maximum Gasteiger partial charge on any atom is 0.270 e. The Morgan fingerprint density at radius 1 is 1.27 bits per heavy atom. The number of hydrogen-bond donors (Lipinski definition) is 0. The number of rotatable bonds is 5. The van der Waals surface area contributed by atoms with Crippen LogP contribution in [0.2, 0.25) is 0 Å². The first-order chi connectivity index (χ1) is 12.5. The molecule has 0 aliphatic carbocycles. The molecule has 1 aliphatic rings. The van der Waals surface area contributed by atoms with E-state index in [1.165, 1.54) is 11.8 Å². The number of nitrogens with zero attached hydrogens (tertiary/aromatic N) is 1. The van der Waals surface area contributed by atoms with Gasteiger partial charge in [-0.3, -0.25) is 9.69 Å². The first-order valence-corrected chi connectivity index (χ1v) is 10.2. The average molecular weight is 497 g/mol. The molecule has 1 saturated heterocycles. The van der Waals surface area contributed by atoms with Gasteiger partial charge in [-0.2, -0.15) is 0 Å². The lowest BCUT2D eigenvalue weighted by atomic mass is 10.1. The van der Waals surface area contributed by atoms with Crippen LogP contribution in [0, 0.1) is 3.57 Å². The van der Waals surface area contributed by atoms with Crippen LogP contribution < -0.4 is 14.4 Å². The zero-order chi connectivity index (χ0) is 18.7. The minimum absolute atomic E-state index is 0.116. The topological polar surface area (TPSA) is 38.8 Å². The normalized spacial score (nSPS) is 15.7. The number of thioether (sulfide) groups is 1. The fraction of sp³-hybridized carbons (Fsp3) is 0.158. The number of methoxy groups -OCH3 is 1. The van der Waals surface area contributed by atoms with Crippen LogP contribution in [0.4, 0.5) is 5.69 Å². The highest BCUT2D eigenvalue weighted by molar-refractivity contribution is 14.1. The third kappa shape index (κ3) is 3.89. The summed E-state index contributed by atoms with van der Waals surface area (Å²) in [6, 6.07) is 13.3. The number of amides is 1. The van der Waals surface area contributed by atoms with Gasteiger partial charge >= 0.3 is 0 Å². The minimum atomic E-state index is -0.116. The molecule has 0 bridgehead atoms. The summed E-state index contributed by atoms with van der Waals surface area (Å²) in [5, 5.41) is 0. The highest BCUT2D eigenvalue weighted by Crippen LogP contribution is 2.38. The van der Waals surface area contributed by atoms with Gasteiger partial charge in [0.15, 0.2) is 15.8 Å². The Bertz CT molecular complexity index is 884. The average Bonchev–Trinajstić information content (AvgIpc) is 2.89. The molecule has 26 heavy (non-hydrogen) atoms. The van der Waals surface area contributed by atoms with Gasteiger partial charge in [-0.15, -0.1) is 0 Å². The van der Waals surface area contributed by atoms with Crippen molar-refractivity contribution in [3.63, 3.8) is 0 Å². The molecule has 3 rings (SSSR count). The summed E-state index contributed by atoms with van der Waals surface area (Å²) < 4.78 is 12.5. The van der Waals surface area contributed by atoms with E-state index in [-0.39, 0.29) is 5.91 Å². The number of halogens is 1. The quantitative estimate of drug-likeness (QED) is 0.327. The van der Waals surface area contributed by atoms with Crippen molar-refractivity contribution in [3.8, 4) is 11.5 Å². The van der Waals surface area contributed by atoms with Crippen molar-refractivity contribution in [2.24, 2.45) is 0 Å². The fourth-order valence-corrected chi connectivity index (χ4v) is 4.70. The second-order valence-electron chi connectivity index (χ2n) is 5.32. The van der Waals surface area contributed by atoms with Gasteiger partial charge in [-0.1, -0.05) is 42.2 Å². The molecule has 1 aliphatic heterocycles. The van der Waals surface area contributed by atoms with Crippen LogP contribution in [-0.2, 0) is 4.79 Å². The van der Waals surface area contributed by atoms with Crippen molar-refractivity contribution in [1.82, 2.24) is 0 Å². The molecular formula is C19H16INO3S2. The molecule has 7 heteroatoms. The number of carbonyl (C=O) groups excluding carboxylic acids is 1. The lowest BCUT2D eigenvalue weighted by molar-refractivity contribution is -0.113. The van der Waals surface area contributed by atoms with E-state index in [4.69, 9.17) is 21.7 Å². The summed E-state index contributed by atoms with van der Waals surface area (Å²) in [7, 11) is 1.62. The number of benzene rings is 2. The predicted octanol–water partition coefficient (Wildman–Crippen LogP) is 5.10. The monoisotopic (exact) mass is 497 g/mol. The van der Waals surface area contributed by atoms with Gasteiger partial charge in [0.2, 0.25) is 0 Å². The number of anilines is 1. The summed E-state index contributed by atoms with van der Waals surface area (Å²) in [6.45, 7) is 2.45. The van der Waals surface area contributed by atoms with E-state index in [0.717, 1.165) is 14.8 Å². The first-order valence-electron chi connectivity index (χ1n) is 7.88. The molecular weight excluding hydrogens is 481 g/mol. The molecule has 0 N–H and O–H groups in total. The van der Waals surface area contributed by atoms with Crippen LogP contribution in [0.3, 0.4) is 0 Å². The van der Waals surface area contributed by atoms with Gasteiger partial charge < -0.3 is 9.47 Å². The highest BCUT2D eigenvalue weighted by atomic mass is 127. The summed E-state index contributed by atoms with van der Waals surface area (Å²) >= 11 is 8.91. The molecule has 0 spiro atoms. The van der Waals surface area contributed by atoms with Gasteiger partial charge in [0.25, 0.3) is 5.91 Å². The van der Waals surface area contributed by atoms with Gasteiger partial charge in [0, 0.05) is 0 Å². The molecule has 2 aromatic rings. The van der Waals surface area contributed by atoms with Crippen molar-refractivity contribution < 1.29 is 14.3 Å². The summed E-state index contributed by atoms with van der Waals surface area (Å²) in [6.07, 6.45) is 1.84. The molecule has 4 nitrogen and oxygen atoms in total. The standard InChI is InChI=1S/C19H16INO3S2/c1-3-24-15-10-12(9-14(20)17(15)23-2)11-16-18(22)21(19(25)26-16)13-7-5-4-6-8-13/h4-11H,3H2,1-2H3/b16-11+. The van der Waals surface area contributed by atoms with E-state index in [1.807, 2.05) is 55.5 Å². The Kier molecular flexibility index (Phi) is 6.20. The van der Waals surface area contributed by atoms with Crippen LogP contribution in [0.1, 0.15) is 12.5 Å². The largest absolute Gasteiger partial charge is 0.492 e. The molecule has 1 heterocycles. The summed E-state index contributed by atoms with van der Waals surface area (Å²) in [5.74, 6) is 1.24. The Hall–Kier alpha value is -1.58. The molecule has 0 aromatic heterocycles. The van der Waals surface area contributed by atoms with Crippen LogP contribution in [0.15, 0.2) is 47.4 Å². The highest BCUT2D eigenvalue weighted by Gasteiger charge is 2.33. The van der Waals surface area contributed by atoms with Crippen molar-refractivity contribution >= 4 is 68.6 Å². The number of para-hydroxylation sites is 1.